The van der Waals surface area contributed by atoms with Crippen molar-refractivity contribution in [2.45, 2.75) is 26.0 Å². The van der Waals surface area contributed by atoms with Crippen LogP contribution in [-0.4, -0.2) is 10.1 Å². The number of halogens is 2. The van der Waals surface area contributed by atoms with Gasteiger partial charge in [-0.2, -0.15) is 4.98 Å². The van der Waals surface area contributed by atoms with Gasteiger partial charge in [0.25, 0.3) is 5.89 Å². The van der Waals surface area contributed by atoms with Crippen molar-refractivity contribution in [1.29, 1.82) is 0 Å². The molecule has 0 fully saturated rings. The number of rotatable bonds is 4. The number of ether oxygens (including phenoxy) is 1. The highest BCUT2D eigenvalue weighted by Gasteiger charge is 2.21. The molecule has 2 rings (SSSR count). The molecule has 0 bridgehead atoms. The summed E-state index contributed by atoms with van der Waals surface area (Å²) in [5.74, 6) is 1.47. The van der Waals surface area contributed by atoms with Crippen LogP contribution >= 0.6 is 27.5 Å². The lowest BCUT2D eigenvalue weighted by molar-refractivity contribution is 0.240. The Kier molecular flexibility index (Phi) is 4.13. The molecule has 0 aliphatic carbocycles. The number of nitrogens with two attached hydrogens (primary N) is 1. The summed E-state index contributed by atoms with van der Waals surface area (Å²) in [4.78, 5) is 4.17. The van der Waals surface area contributed by atoms with E-state index in [4.69, 9.17) is 26.6 Å². The van der Waals surface area contributed by atoms with Gasteiger partial charge in [0.2, 0.25) is 0 Å². The van der Waals surface area contributed by atoms with E-state index in [1.807, 2.05) is 0 Å². The molecular weight excluding hydrogens is 334 g/mol. The normalized spacial score (nSPS) is 11.6. The molecule has 5 nitrogen and oxygen atoms in total. The summed E-state index contributed by atoms with van der Waals surface area (Å²) in [6.07, 6.45) is 0. The van der Waals surface area contributed by atoms with E-state index in [1.165, 1.54) is 0 Å². The number of hydrogen-bond acceptors (Lipinski definition) is 5. The maximum atomic E-state index is 5.87. The molecule has 0 saturated heterocycles. The van der Waals surface area contributed by atoms with E-state index in [-0.39, 0.29) is 6.61 Å². The molecule has 1 aromatic carbocycles. The van der Waals surface area contributed by atoms with Crippen LogP contribution in [0.2, 0.25) is 5.02 Å². The van der Waals surface area contributed by atoms with Crippen molar-refractivity contribution in [2.24, 2.45) is 5.73 Å². The van der Waals surface area contributed by atoms with Gasteiger partial charge in [-0.05, 0) is 48.0 Å². The second kappa shape index (κ2) is 5.48. The zero-order chi connectivity index (χ0) is 14.0. The first kappa shape index (κ1) is 14.3. The minimum Gasteiger partial charge on any atom is -0.483 e. The molecule has 0 radical (unpaired) electrons. The van der Waals surface area contributed by atoms with Gasteiger partial charge < -0.3 is 15.0 Å². The third kappa shape index (κ3) is 3.68. The number of nitrogens with zero attached hydrogens (tertiary/aromatic N) is 2. The number of hydrogen-bond donors (Lipinski definition) is 1. The van der Waals surface area contributed by atoms with E-state index < -0.39 is 5.54 Å². The summed E-state index contributed by atoms with van der Waals surface area (Å²) in [5, 5.41) is 4.44. The van der Waals surface area contributed by atoms with Crippen LogP contribution in [0.15, 0.2) is 27.2 Å². The molecule has 0 aliphatic rings. The molecule has 1 aromatic heterocycles. The Morgan fingerprint density at radius 2 is 2.21 bits per heavy atom. The van der Waals surface area contributed by atoms with E-state index in [0.29, 0.717) is 22.5 Å². The summed E-state index contributed by atoms with van der Waals surface area (Å²) in [6.45, 7) is 3.78. The smallest absolute Gasteiger partial charge is 0.264 e. The van der Waals surface area contributed by atoms with Gasteiger partial charge >= 0.3 is 0 Å². The first-order chi connectivity index (χ1) is 8.86. The molecule has 1 heterocycles. The molecule has 2 N–H and O–H groups in total. The first-order valence-electron chi connectivity index (χ1n) is 5.56. The largest absolute Gasteiger partial charge is 0.483 e. The Morgan fingerprint density at radius 3 is 2.79 bits per heavy atom. The van der Waals surface area contributed by atoms with Crippen LogP contribution < -0.4 is 10.5 Å². The van der Waals surface area contributed by atoms with E-state index >= 15 is 0 Å². The van der Waals surface area contributed by atoms with Crippen LogP contribution in [0.3, 0.4) is 0 Å². The summed E-state index contributed by atoms with van der Waals surface area (Å²) in [5.41, 5.74) is 5.23. The Bertz CT molecular complexity index is 581. The third-order valence-electron chi connectivity index (χ3n) is 2.29. The van der Waals surface area contributed by atoms with E-state index in [1.54, 1.807) is 32.0 Å². The zero-order valence-corrected chi connectivity index (χ0v) is 12.8. The fraction of sp³-hybridized carbons (Fsp3) is 0.333. The predicted molar refractivity (Wildman–Crippen MR) is 75.0 cm³/mol. The van der Waals surface area contributed by atoms with Gasteiger partial charge in [-0.1, -0.05) is 16.8 Å². The van der Waals surface area contributed by atoms with E-state index in [0.717, 1.165) is 4.47 Å². The summed E-state index contributed by atoms with van der Waals surface area (Å²) >= 11 is 9.21. The van der Waals surface area contributed by atoms with Crippen molar-refractivity contribution in [2.75, 3.05) is 0 Å². The zero-order valence-electron chi connectivity index (χ0n) is 10.5. The summed E-state index contributed by atoms with van der Waals surface area (Å²) in [6, 6.07) is 5.25. The Morgan fingerprint density at radius 1 is 1.47 bits per heavy atom. The molecule has 2 aromatic rings. The fourth-order valence-electron chi connectivity index (χ4n) is 1.31. The SMILES string of the molecule is CC(C)(N)c1noc(COc2ccc(Cl)cc2Br)n1. The average Bonchev–Trinajstić information content (AvgIpc) is 2.76. The van der Waals surface area contributed by atoms with Crippen LogP contribution in [0, 0.1) is 0 Å². The van der Waals surface area contributed by atoms with Crippen LogP contribution in [0.4, 0.5) is 0 Å². The minimum atomic E-state index is -0.636. The molecule has 0 saturated carbocycles. The lowest BCUT2D eigenvalue weighted by atomic mass is 10.1. The lowest BCUT2D eigenvalue weighted by Gasteiger charge is -2.11. The number of benzene rings is 1. The Labute approximate surface area is 124 Å². The van der Waals surface area contributed by atoms with Gasteiger partial charge in [-0.15, -0.1) is 0 Å². The topological polar surface area (TPSA) is 74.2 Å². The molecule has 0 atom stereocenters. The van der Waals surface area contributed by atoms with Crippen LogP contribution in [-0.2, 0) is 12.1 Å². The molecule has 0 amide bonds. The quantitative estimate of drug-likeness (QED) is 0.919. The van der Waals surface area contributed by atoms with Crippen molar-refractivity contribution < 1.29 is 9.26 Å². The van der Waals surface area contributed by atoms with Gasteiger partial charge in [0.1, 0.15) is 5.75 Å². The van der Waals surface area contributed by atoms with Crippen LogP contribution in [0.5, 0.6) is 5.75 Å². The molecule has 0 unspecified atom stereocenters. The van der Waals surface area contributed by atoms with Crippen molar-refractivity contribution in [3.8, 4) is 5.75 Å². The third-order valence-corrected chi connectivity index (χ3v) is 3.14. The van der Waals surface area contributed by atoms with Gasteiger partial charge in [-0.3, -0.25) is 0 Å². The van der Waals surface area contributed by atoms with Crippen molar-refractivity contribution >= 4 is 27.5 Å². The maximum absolute atomic E-state index is 5.87. The second-order valence-corrected chi connectivity index (χ2v) is 5.89. The molecule has 0 aliphatic heterocycles. The van der Waals surface area contributed by atoms with Gasteiger partial charge in [-0.25, -0.2) is 0 Å². The van der Waals surface area contributed by atoms with Crippen molar-refractivity contribution in [3.63, 3.8) is 0 Å². The molecule has 19 heavy (non-hydrogen) atoms. The predicted octanol–water partition coefficient (Wildman–Crippen LogP) is 3.26. The van der Waals surface area contributed by atoms with Gasteiger partial charge in [0.05, 0.1) is 10.0 Å². The van der Waals surface area contributed by atoms with Crippen molar-refractivity contribution in [1.82, 2.24) is 10.1 Å². The highest BCUT2D eigenvalue weighted by atomic mass is 79.9. The second-order valence-electron chi connectivity index (χ2n) is 4.60. The van der Waals surface area contributed by atoms with Crippen LogP contribution in [0.1, 0.15) is 25.6 Å². The maximum Gasteiger partial charge on any atom is 0.264 e. The Hall–Kier alpha value is -1.11. The average molecular weight is 347 g/mol. The van der Waals surface area contributed by atoms with Crippen LogP contribution in [0.25, 0.3) is 0 Å². The number of aromatic nitrogens is 2. The van der Waals surface area contributed by atoms with Gasteiger partial charge in [0, 0.05) is 5.02 Å². The highest BCUT2D eigenvalue weighted by Crippen LogP contribution is 2.28. The first-order valence-corrected chi connectivity index (χ1v) is 6.73. The van der Waals surface area contributed by atoms with E-state index in [9.17, 15) is 0 Å². The molecule has 7 heteroatoms. The van der Waals surface area contributed by atoms with Crippen molar-refractivity contribution in [3.05, 3.63) is 39.4 Å². The lowest BCUT2D eigenvalue weighted by Crippen LogP contribution is -2.30. The minimum absolute atomic E-state index is 0.170. The van der Waals surface area contributed by atoms with E-state index in [2.05, 4.69) is 26.1 Å². The summed E-state index contributed by atoms with van der Waals surface area (Å²) in [7, 11) is 0. The Balaban J connectivity index is 2.04. The summed E-state index contributed by atoms with van der Waals surface area (Å²) < 4.78 is 11.4. The molecular formula is C12H13BrClN3O2. The fourth-order valence-corrected chi connectivity index (χ4v) is 2.10. The standard InChI is InChI=1S/C12H13BrClN3O2/c1-12(2,15)11-16-10(19-17-11)6-18-9-4-3-7(14)5-8(9)13/h3-5H,6,15H2,1-2H3. The molecule has 102 valence electrons. The van der Waals surface area contributed by atoms with Gasteiger partial charge in [0.15, 0.2) is 12.4 Å². The molecule has 0 spiro atoms. The highest BCUT2D eigenvalue weighted by molar-refractivity contribution is 9.10. The monoisotopic (exact) mass is 345 g/mol.